The van der Waals surface area contributed by atoms with Gasteiger partial charge in [0.15, 0.2) is 0 Å². The molecule has 7 nitrogen and oxygen atoms in total. The number of hydrogen-bond acceptors (Lipinski definition) is 2. The Kier molecular flexibility index (Phi) is 14.6. The van der Waals surface area contributed by atoms with Crippen molar-refractivity contribution < 1.29 is 21.9 Å². The molecule has 24 rings (SSSR count). The van der Waals surface area contributed by atoms with Crippen LogP contribution in [0.5, 0.6) is 0 Å². The van der Waals surface area contributed by atoms with Crippen LogP contribution in [0.1, 0.15) is 203 Å². The molecule has 1 atom stereocenters. The number of para-hydroxylation sites is 7. The summed E-state index contributed by atoms with van der Waals surface area (Å²) in [7, 11) is 0. The Hall–Kier alpha value is -14.7. The van der Waals surface area contributed by atoms with Crippen LogP contribution in [0.25, 0.3) is 160 Å². The van der Waals surface area contributed by atoms with Gasteiger partial charge in [-0.1, -0.05) is 331 Å². The highest BCUT2D eigenvalue weighted by atomic mass is 15.2. The normalized spacial score (nSPS) is 15.6. The second-order valence-electron chi connectivity index (χ2n) is 43.0. The summed E-state index contributed by atoms with van der Waals surface area (Å²) in [6, 6.07) is 83.6. The SMILES string of the molecule is [2H]c1c([2H])c([2H])c2c(c1[2H])c1c([2H])c([2H])c([2H])c([2H])c1n2-c1ccc2c(c1)N(c1cccc3c4cccc(-n5c6c([2H])c([2H])c([2H])c([2H])c6c6c([2H])c([2H])c([2H])c([2H])c65)c4n(-c4ccccc4)c13)c1cc(-n3c4ccc(C(C)(C)C)cc4c4cc(C(C)(C)C)ccc43)cc3c1C2c1ccc(-n2c4ccc(C(C)(C)C)cc4c4cc(C(C)(C)C)ccc42)cc1N3c1c(-c2ccccc2)cc(C(C)(C)C)cc1-c1ccc(C(C)(C)C)cc1. The molecular weight excluding hydrogens is 1620 g/mol. The lowest BCUT2D eigenvalue weighted by Gasteiger charge is -2.46. The molecule has 0 aliphatic carbocycles. The molecule has 1 unspecified atom stereocenters. The fourth-order valence-corrected chi connectivity index (χ4v) is 21.5. The number of benzene rings is 17. The van der Waals surface area contributed by atoms with Gasteiger partial charge in [-0.2, -0.15) is 0 Å². The lowest BCUT2D eigenvalue weighted by atomic mass is 9.74. The van der Waals surface area contributed by atoms with Crippen molar-refractivity contribution in [1.29, 1.82) is 0 Å². The first-order valence-electron chi connectivity index (χ1n) is 54.7. The number of hydrogen-bond donors (Lipinski definition) is 0. The first kappa shape index (κ1) is 66.7. The van der Waals surface area contributed by atoms with Crippen LogP contribution in [-0.2, 0) is 32.5 Å². The summed E-state index contributed by atoms with van der Waals surface area (Å²) >= 11 is 0. The highest BCUT2D eigenvalue weighted by Crippen LogP contribution is 2.65. The van der Waals surface area contributed by atoms with Crippen LogP contribution < -0.4 is 9.80 Å². The number of anilines is 6. The summed E-state index contributed by atoms with van der Waals surface area (Å²) in [5, 5.41) is 5.29. The fourth-order valence-electron chi connectivity index (χ4n) is 21.5. The maximum absolute atomic E-state index is 10.2. The molecule has 0 N–H and O–H groups in total. The van der Waals surface area contributed by atoms with Crippen LogP contribution in [0, 0.1) is 0 Å². The average Bonchev–Trinajstić information content (AvgIpc) is 1.70. The van der Waals surface area contributed by atoms with Crippen LogP contribution in [0.3, 0.4) is 0 Å². The van der Waals surface area contributed by atoms with Crippen LogP contribution in [0.2, 0.25) is 0 Å². The van der Waals surface area contributed by atoms with Gasteiger partial charge in [-0.25, -0.2) is 0 Å². The van der Waals surface area contributed by atoms with Crippen molar-refractivity contribution in [2.24, 2.45) is 0 Å². The third kappa shape index (κ3) is 12.7. The molecule has 5 aromatic heterocycles. The summed E-state index contributed by atoms with van der Waals surface area (Å²) in [4.78, 5) is 4.89. The maximum atomic E-state index is 10.2. The number of rotatable bonds is 9. The zero-order chi connectivity index (χ0) is 106. The minimum Gasteiger partial charge on any atom is -0.309 e. The second kappa shape index (κ2) is 29.4. The summed E-state index contributed by atoms with van der Waals surface area (Å²) in [5.41, 5.74) is 23.6. The molecule has 2 aliphatic heterocycles. The number of nitrogens with zero attached hydrogens (tertiary/aromatic N) is 7. The van der Waals surface area contributed by atoms with Crippen LogP contribution in [0.4, 0.5) is 34.1 Å². The molecule has 0 bridgehead atoms. The minimum atomic E-state index is -0.759. The average molecular weight is 1750 g/mol. The first-order valence-corrected chi connectivity index (χ1v) is 46.7. The Bertz CT molecular complexity index is 9420. The van der Waals surface area contributed by atoms with E-state index < -0.39 is 108 Å². The molecule has 0 fully saturated rings. The highest BCUT2D eigenvalue weighted by Gasteiger charge is 2.45. The molecule has 0 saturated carbocycles. The van der Waals surface area contributed by atoms with Crippen molar-refractivity contribution >= 4 is 143 Å². The van der Waals surface area contributed by atoms with E-state index in [4.69, 9.17) is 0 Å². The Morgan fingerprint density at radius 2 is 0.560 bits per heavy atom. The van der Waals surface area contributed by atoms with Gasteiger partial charge in [0.1, 0.15) is 0 Å². The van der Waals surface area contributed by atoms with Gasteiger partial charge < -0.3 is 32.6 Å². The topological polar surface area (TPSA) is 31.1 Å². The predicted octanol–water partition coefficient (Wildman–Crippen LogP) is 35.0. The van der Waals surface area contributed by atoms with Crippen molar-refractivity contribution in [3.63, 3.8) is 0 Å². The lowest BCUT2D eigenvalue weighted by molar-refractivity contribution is 0.590. The van der Waals surface area contributed by atoms with Gasteiger partial charge in [0.25, 0.3) is 0 Å². The molecule has 2 aliphatic rings. The zero-order valence-corrected chi connectivity index (χ0v) is 79.0. The Morgan fingerprint density at radius 1 is 0.216 bits per heavy atom. The van der Waals surface area contributed by atoms with Gasteiger partial charge in [-0.3, -0.25) is 0 Å². The molecule has 7 heterocycles. The zero-order valence-electron chi connectivity index (χ0n) is 95.0. The summed E-state index contributed by atoms with van der Waals surface area (Å²) in [6.45, 7) is 40.7. The second-order valence-corrected chi connectivity index (χ2v) is 43.0. The fraction of sp³-hybridized carbons (Fsp3) is 0.197. The first-order chi connectivity index (χ1) is 70.9. The van der Waals surface area contributed by atoms with Crippen LogP contribution in [-0.4, -0.2) is 22.8 Å². The minimum absolute atomic E-state index is 0.0633. The van der Waals surface area contributed by atoms with Gasteiger partial charge in [-0.05, 0) is 234 Å². The molecule has 0 spiro atoms. The Balaban J connectivity index is 0.937. The molecule has 656 valence electrons. The predicted molar refractivity (Wildman–Crippen MR) is 572 cm³/mol. The quantitative estimate of drug-likeness (QED) is 0.144. The summed E-state index contributed by atoms with van der Waals surface area (Å²) in [5.74, 6) is -0.759. The van der Waals surface area contributed by atoms with E-state index in [1.54, 1.807) is 9.13 Å². The molecule has 134 heavy (non-hydrogen) atoms. The third-order valence-corrected chi connectivity index (χ3v) is 28.5. The van der Waals surface area contributed by atoms with E-state index in [1.165, 1.54) is 11.1 Å². The standard InChI is InChI=1S/C127H113N7/c1-122(2,3)79-53-51-78(52-54-79)98-72-84(127(16,17)18)71-97(77-35-21-19-22-36-77)119(98)134-114-74-87(129-107-63-55-80(123(4,5)6)67-99(107)100-68-81(124(7,8)9)56-64-108(100)129)60-62-96(114)117-95-61-59-86(128-103-45-29-25-39-89(103)90-40-26-30-46-104(90)128)73-113(95)133(115-75-88(76-116(134)118(115)117)130-109-65-57-82(125(10,11)12)69-101(109)102-70-83(126(13,14)15)58-66-110(102)130)112-50-34-44-94-93-43-33-49-111(120(93)131(121(94)112)85-37-23-20-24-38-85)132-105-47-31-27-41-91(105)92-42-28-32-48-106(92)132/h19-76,117H,1-18H3/i25D,26D,27D,28D,29D,30D,31D,32D,39D,40D,41D,42D,45D,46D,47D,48D. The molecule has 7 heteroatoms. The van der Waals surface area contributed by atoms with Crippen molar-refractivity contribution in [1.82, 2.24) is 22.8 Å². The van der Waals surface area contributed by atoms with Crippen molar-refractivity contribution in [3.05, 3.63) is 402 Å². The molecule has 0 amide bonds. The van der Waals surface area contributed by atoms with E-state index in [0.29, 0.717) is 50.2 Å². The highest BCUT2D eigenvalue weighted by molar-refractivity contribution is 6.20. The van der Waals surface area contributed by atoms with E-state index >= 15 is 0 Å². The van der Waals surface area contributed by atoms with E-state index in [-0.39, 0.29) is 76.4 Å². The van der Waals surface area contributed by atoms with Crippen LogP contribution >= 0.6 is 0 Å². The van der Waals surface area contributed by atoms with E-state index in [0.717, 1.165) is 133 Å². The number of aromatic nitrogens is 5. The summed E-state index contributed by atoms with van der Waals surface area (Å²) < 4.78 is 166. The maximum Gasteiger partial charge on any atom is 0.0783 e. The molecular formula is C127H113N7. The third-order valence-electron chi connectivity index (χ3n) is 28.5. The number of fused-ring (bicyclic) bond motifs is 19. The van der Waals surface area contributed by atoms with Gasteiger partial charge in [0, 0.05) is 93.5 Å². The van der Waals surface area contributed by atoms with Crippen molar-refractivity contribution in [2.75, 3.05) is 9.80 Å². The van der Waals surface area contributed by atoms with E-state index in [2.05, 4.69) is 336 Å². The van der Waals surface area contributed by atoms with Crippen molar-refractivity contribution in [3.8, 4) is 50.7 Å². The Morgan fingerprint density at radius 3 is 0.985 bits per heavy atom. The van der Waals surface area contributed by atoms with E-state index in [1.807, 2.05) is 66.7 Å². The Labute approximate surface area is 808 Å². The molecule has 22 aromatic rings. The van der Waals surface area contributed by atoms with Crippen molar-refractivity contribution in [2.45, 2.75) is 163 Å². The molecule has 0 radical (unpaired) electrons. The lowest BCUT2D eigenvalue weighted by Crippen LogP contribution is -2.30. The van der Waals surface area contributed by atoms with Gasteiger partial charge in [0.2, 0.25) is 0 Å². The summed E-state index contributed by atoms with van der Waals surface area (Å²) in [6.07, 6.45) is 0. The molecule has 17 aromatic carbocycles. The molecule has 0 saturated heterocycles. The van der Waals surface area contributed by atoms with Gasteiger partial charge in [0.05, 0.1) is 123 Å². The van der Waals surface area contributed by atoms with Crippen LogP contribution in [0.15, 0.2) is 351 Å². The van der Waals surface area contributed by atoms with Gasteiger partial charge in [-0.15, -0.1) is 0 Å². The largest absolute Gasteiger partial charge is 0.309 e. The smallest absolute Gasteiger partial charge is 0.0783 e. The van der Waals surface area contributed by atoms with Gasteiger partial charge >= 0.3 is 0 Å². The monoisotopic (exact) mass is 1750 g/mol. The van der Waals surface area contributed by atoms with E-state index in [9.17, 15) is 21.9 Å².